The van der Waals surface area contributed by atoms with Crippen molar-refractivity contribution in [1.29, 1.82) is 0 Å². The predicted molar refractivity (Wildman–Crippen MR) is 322 cm³/mol. The van der Waals surface area contributed by atoms with Crippen molar-refractivity contribution in [3.05, 3.63) is 153 Å². The molecule has 0 spiro atoms. The molecule has 6 aromatic carbocycles. The fraction of sp³-hybridized carbons (Fsp3) is 0.254. The number of benzene rings is 6. The number of anilines is 8. The van der Waals surface area contributed by atoms with Crippen LogP contribution < -0.4 is 57.0 Å². The van der Waals surface area contributed by atoms with Crippen molar-refractivity contribution >= 4 is 166 Å². The highest BCUT2D eigenvalue weighted by atomic mass is 32.2. The highest BCUT2D eigenvalue weighted by Gasteiger charge is 2.60. The SMILES string of the molecule is [2H]C([2H])([2H])C1=CC2=S(C=C1)CC1=C2N2c3ccc(C(C)(C)C)cc3B3c4sc5ccc(C([2H])([2H])[2H])cc5c4N4c5ccc(C(C)(C)C)cc5B5c6sc7ccc(C)cc7c6N6c7ccc(C(C)(C)C)cc7B1c1c2c3c4c5c16. The summed E-state index contributed by atoms with van der Waals surface area (Å²) in [5, 5.41) is 4.44. The van der Waals surface area contributed by atoms with Gasteiger partial charge >= 0.3 is 0 Å². The van der Waals surface area contributed by atoms with Gasteiger partial charge in [0, 0.05) is 82.7 Å². The molecule has 0 N–H and O–H groups in total. The van der Waals surface area contributed by atoms with Crippen molar-refractivity contribution in [1.82, 2.24) is 0 Å². The first-order valence-electron chi connectivity index (χ1n) is 28.6. The molecule has 8 aliphatic heterocycles. The Balaban J connectivity index is 1.15. The third-order valence-corrected chi connectivity index (χ3v) is 21.7. The fourth-order valence-corrected chi connectivity index (χ4v) is 18.7. The summed E-state index contributed by atoms with van der Waals surface area (Å²) in [4.78, 5) is 9.05. The number of rotatable bonds is 0. The van der Waals surface area contributed by atoms with Crippen LogP contribution in [0.25, 0.3) is 20.2 Å². The second-order valence-electron chi connectivity index (χ2n) is 24.7. The van der Waals surface area contributed by atoms with Gasteiger partial charge in [0.2, 0.25) is 6.71 Å². The van der Waals surface area contributed by atoms with E-state index in [-0.39, 0.29) is 46.9 Å². The van der Waals surface area contributed by atoms with Crippen LogP contribution in [-0.2, 0) is 16.2 Å². The van der Waals surface area contributed by atoms with Crippen LogP contribution in [0, 0.1) is 13.8 Å². The Hall–Kier alpha value is -5.73. The average molecular weight is 990 g/mol. The Labute approximate surface area is 444 Å². The maximum Gasteiger partial charge on any atom is 0.264 e. The molecule has 0 amide bonds. The minimum absolute atomic E-state index is 0.114. The number of nitrogens with zero attached hydrogens (tertiary/aromatic N) is 3. The van der Waals surface area contributed by atoms with Crippen LogP contribution in [0.3, 0.4) is 0 Å². The lowest BCUT2D eigenvalue weighted by molar-refractivity contribution is 0.590. The van der Waals surface area contributed by atoms with E-state index in [4.69, 9.17) is 8.22 Å². The smallest absolute Gasteiger partial charge is 0.264 e. The molecule has 16 rings (SSSR count). The summed E-state index contributed by atoms with van der Waals surface area (Å²) in [7, 11) is -0.382. The Morgan fingerprint density at radius 3 is 1.51 bits per heavy atom. The van der Waals surface area contributed by atoms with Gasteiger partial charge in [-0.05, 0) is 146 Å². The Morgan fingerprint density at radius 1 is 0.528 bits per heavy atom. The van der Waals surface area contributed by atoms with Crippen LogP contribution in [0.5, 0.6) is 0 Å². The van der Waals surface area contributed by atoms with E-state index in [9.17, 15) is 0 Å². The van der Waals surface area contributed by atoms with Gasteiger partial charge in [0.25, 0.3) is 13.4 Å². The molecule has 0 saturated heterocycles. The molecule has 10 heterocycles. The van der Waals surface area contributed by atoms with Crippen LogP contribution in [0.1, 0.15) is 105 Å². The van der Waals surface area contributed by atoms with E-state index in [2.05, 4.69) is 168 Å². The zero-order valence-corrected chi connectivity index (χ0v) is 44.8. The van der Waals surface area contributed by atoms with Gasteiger partial charge in [0.15, 0.2) is 0 Å². The highest BCUT2D eigenvalue weighted by molar-refractivity contribution is 8.19. The molecule has 1 unspecified atom stereocenters. The lowest BCUT2D eigenvalue weighted by atomic mass is 9.26. The van der Waals surface area contributed by atoms with E-state index >= 15 is 0 Å². The molecule has 72 heavy (non-hydrogen) atoms. The van der Waals surface area contributed by atoms with Gasteiger partial charge < -0.3 is 14.7 Å². The molecule has 0 bridgehead atoms. The number of fused-ring (bicyclic) bond motifs is 22. The molecule has 0 radical (unpaired) electrons. The molecule has 350 valence electrons. The van der Waals surface area contributed by atoms with Gasteiger partial charge in [-0.3, -0.25) is 0 Å². The summed E-state index contributed by atoms with van der Waals surface area (Å²) >= 11 is 3.76. The molecule has 0 aliphatic carbocycles. The van der Waals surface area contributed by atoms with Crippen LogP contribution in [-0.4, -0.2) is 30.8 Å². The standard InChI is InChI=1S/C63H56B3N3S3/c1-32-13-21-47-38(25-32)53-59(70-47)65-41-29-36(62(7,8)9)16-19-45(41)68-54-39-26-33(2)14-22-48(39)71-60(54)66-42-30-37(63(10,11)12)17-20-46(42)69-55-43(31-72-24-23-34(3)27-49(55)72)64-40-28-35(61(4,5)6)15-18-44(40)67(53)56-50(64)57(69)52(66)58(68)51(56)65/h13-30H,31H2,1-12H3/i2D3,3D3. The third kappa shape index (κ3) is 5.21. The second kappa shape index (κ2) is 13.5. The van der Waals surface area contributed by atoms with E-state index in [0.29, 0.717) is 11.1 Å². The Morgan fingerprint density at radius 2 is 1.00 bits per heavy atom. The van der Waals surface area contributed by atoms with Crippen LogP contribution in [0.15, 0.2) is 125 Å². The minimum atomic E-state index is -2.30. The molecular formula is C63H56B3N3S3. The van der Waals surface area contributed by atoms with Crippen molar-refractivity contribution < 1.29 is 8.22 Å². The summed E-state index contributed by atoms with van der Waals surface area (Å²) in [6, 6.07) is 34.7. The van der Waals surface area contributed by atoms with Crippen LogP contribution >= 0.6 is 33.2 Å². The maximum atomic E-state index is 8.79. The normalized spacial score (nSPS) is 19.7. The molecule has 0 fully saturated rings. The molecule has 3 nitrogen and oxygen atoms in total. The molecule has 8 aliphatic rings. The van der Waals surface area contributed by atoms with E-state index in [1.807, 2.05) is 47.0 Å². The molecule has 9 heteroatoms. The molecule has 2 aromatic heterocycles. The lowest BCUT2D eigenvalue weighted by Gasteiger charge is -2.55. The third-order valence-electron chi connectivity index (χ3n) is 17.3. The van der Waals surface area contributed by atoms with Gasteiger partial charge in [-0.15, -0.1) is 33.2 Å². The van der Waals surface area contributed by atoms with Crippen LogP contribution in [0.4, 0.5) is 45.5 Å². The van der Waals surface area contributed by atoms with E-state index in [1.165, 1.54) is 109 Å². The average Bonchev–Trinajstić information content (AvgIpc) is 1.32. The van der Waals surface area contributed by atoms with Crippen LogP contribution in [0.2, 0.25) is 0 Å². The molecule has 1 atom stereocenters. The maximum absolute atomic E-state index is 8.79. The Kier molecular flexibility index (Phi) is 6.96. The van der Waals surface area contributed by atoms with Crippen molar-refractivity contribution in [3.63, 3.8) is 0 Å². The summed E-state index contributed by atoms with van der Waals surface area (Å²) in [5.74, 6) is 0.807. The summed E-state index contributed by atoms with van der Waals surface area (Å²) < 4.78 is 57.6. The van der Waals surface area contributed by atoms with Crippen molar-refractivity contribution in [2.75, 3.05) is 20.5 Å². The minimum Gasteiger partial charge on any atom is -0.312 e. The highest BCUT2D eigenvalue weighted by Crippen LogP contribution is 2.57. The van der Waals surface area contributed by atoms with E-state index in [1.54, 1.807) is 0 Å². The van der Waals surface area contributed by atoms with Gasteiger partial charge in [0.05, 0.1) is 17.1 Å². The fourth-order valence-electron chi connectivity index (χ4n) is 14.0. The van der Waals surface area contributed by atoms with Crippen molar-refractivity contribution in [3.8, 4) is 0 Å². The van der Waals surface area contributed by atoms with Gasteiger partial charge in [-0.2, -0.15) is 0 Å². The molecular weight excluding hydrogens is 927 g/mol. The number of aryl methyl sites for hydroxylation is 2. The lowest BCUT2D eigenvalue weighted by Crippen LogP contribution is -2.73. The number of allylic oxidation sites excluding steroid dienone is 3. The largest absolute Gasteiger partial charge is 0.312 e. The summed E-state index contributed by atoms with van der Waals surface area (Å²) in [6.07, 6.45) is 3.93. The summed E-state index contributed by atoms with van der Waals surface area (Å²) in [6.45, 7) is 18.0. The summed E-state index contributed by atoms with van der Waals surface area (Å²) in [5.41, 5.74) is 25.1. The first-order chi connectivity index (χ1) is 36.8. The molecule has 0 saturated carbocycles. The number of hydrogen-bond acceptors (Lipinski definition) is 5. The predicted octanol–water partition coefficient (Wildman–Crippen LogP) is 11.6. The van der Waals surface area contributed by atoms with E-state index < -0.39 is 13.7 Å². The topological polar surface area (TPSA) is 9.72 Å². The first kappa shape index (κ1) is 37.1. The Bertz CT molecular complexity index is 4340. The first-order valence-corrected chi connectivity index (χ1v) is 28.7. The van der Waals surface area contributed by atoms with Crippen molar-refractivity contribution in [2.24, 2.45) is 0 Å². The zero-order chi connectivity index (χ0) is 54.1. The van der Waals surface area contributed by atoms with Gasteiger partial charge in [-0.1, -0.05) is 134 Å². The monoisotopic (exact) mass is 989 g/mol. The van der Waals surface area contributed by atoms with Gasteiger partial charge in [-0.25, -0.2) is 0 Å². The zero-order valence-electron chi connectivity index (χ0n) is 48.4. The van der Waals surface area contributed by atoms with Gasteiger partial charge in [0.1, 0.15) is 0 Å². The van der Waals surface area contributed by atoms with E-state index in [0.717, 1.165) is 43.5 Å². The second-order valence-corrected chi connectivity index (χ2v) is 28.7. The number of thiophene rings is 2. The quantitative estimate of drug-likeness (QED) is 0.111. The molecule has 8 aromatic rings. The number of hydrogen-bond donors (Lipinski definition) is 0. The van der Waals surface area contributed by atoms with Crippen molar-refractivity contribution in [2.45, 2.75) is 99.2 Å².